The molecule has 0 bridgehead atoms. The van der Waals surface area contributed by atoms with Crippen LogP contribution in [0.25, 0.3) is 0 Å². The maximum absolute atomic E-state index is 11.8. The Hall–Kier alpha value is -0.330. The van der Waals surface area contributed by atoms with Crippen LogP contribution in [0.3, 0.4) is 0 Å². The average molecular weight is 325 g/mol. The van der Waals surface area contributed by atoms with Gasteiger partial charge in [0, 0.05) is 16.1 Å². The monoisotopic (exact) mass is 324 g/mol. The highest BCUT2D eigenvalue weighted by Gasteiger charge is 2.17. The zero-order valence-electron chi connectivity index (χ0n) is 10.7. The Bertz CT molecular complexity index is 520. The van der Waals surface area contributed by atoms with E-state index in [4.69, 9.17) is 28.9 Å². The molecular formula is C12H18Cl2N2O2S. The largest absolute Gasteiger partial charge is 0.330 e. The molecule has 0 aliphatic rings. The number of nitrogens with one attached hydrogen (secondary N) is 1. The summed E-state index contributed by atoms with van der Waals surface area (Å²) in [5.41, 5.74) is 6.04. The van der Waals surface area contributed by atoms with Crippen LogP contribution in [0.15, 0.2) is 18.2 Å². The Balaban J connectivity index is 2.70. The maximum atomic E-state index is 11.8. The minimum absolute atomic E-state index is 0.0692. The van der Waals surface area contributed by atoms with Gasteiger partial charge in [0.2, 0.25) is 10.0 Å². The molecule has 0 radical (unpaired) electrons. The molecule has 0 aromatic heterocycles. The summed E-state index contributed by atoms with van der Waals surface area (Å²) in [5, 5.41) is 0.969. The van der Waals surface area contributed by atoms with Crippen LogP contribution in [0, 0.1) is 0 Å². The zero-order valence-corrected chi connectivity index (χ0v) is 13.0. The van der Waals surface area contributed by atoms with Crippen molar-refractivity contribution in [2.24, 2.45) is 5.73 Å². The molecule has 0 saturated heterocycles. The summed E-state index contributed by atoms with van der Waals surface area (Å²) in [4.78, 5) is 0. The maximum Gasteiger partial charge on any atom is 0.212 e. The number of unbranched alkanes of at least 4 members (excludes halogenated alkanes) is 1. The van der Waals surface area contributed by atoms with Gasteiger partial charge in [-0.3, -0.25) is 0 Å². The molecule has 0 amide bonds. The Morgan fingerprint density at radius 1 is 1.32 bits per heavy atom. The van der Waals surface area contributed by atoms with Crippen molar-refractivity contribution in [3.63, 3.8) is 0 Å². The van der Waals surface area contributed by atoms with E-state index >= 15 is 0 Å². The van der Waals surface area contributed by atoms with Gasteiger partial charge in [-0.15, -0.1) is 0 Å². The topological polar surface area (TPSA) is 72.2 Å². The minimum atomic E-state index is -3.33. The molecular weight excluding hydrogens is 307 g/mol. The van der Waals surface area contributed by atoms with Gasteiger partial charge in [-0.2, -0.15) is 0 Å². The highest BCUT2D eigenvalue weighted by molar-refractivity contribution is 7.89. The summed E-state index contributed by atoms with van der Waals surface area (Å²) < 4.78 is 26.3. The molecule has 108 valence electrons. The first-order valence-corrected chi connectivity index (χ1v) is 8.41. The second-order valence-corrected chi connectivity index (χ2v) is 7.04. The van der Waals surface area contributed by atoms with E-state index in [1.54, 1.807) is 25.1 Å². The van der Waals surface area contributed by atoms with Crippen molar-refractivity contribution in [3.05, 3.63) is 33.8 Å². The molecule has 1 rings (SSSR count). The lowest BCUT2D eigenvalue weighted by molar-refractivity contribution is 0.563. The molecule has 3 N–H and O–H groups in total. The highest BCUT2D eigenvalue weighted by Crippen LogP contribution is 2.26. The Kier molecular flexibility index (Phi) is 6.56. The number of rotatable bonds is 7. The average Bonchev–Trinajstić information content (AvgIpc) is 2.28. The molecule has 1 aromatic rings. The van der Waals surface area contributed by atoms with Gasteiger partial charge < -0.3 is 5.73 Å². The van der Waals surface area contributed by atoms with Gasteiger partial charge in [0.05, 0.1) is 5.75 Å². The van der Waals surface area contributed by atoms with Gasteiger partial charge in [-0.1, -0.05) is 29.3 Å². The molecule has 0 saturated carbocycles. The van der Waals surface area contributed by atoms with Crippen molar-refractivity contribution >= 4 is 33.2 Å². The van der Waals surface area contributed by atoms with Crippen molar-refractivity contribution in [1.82, 2.24) is 4.72 Å². The molecule has 1 aromatic carbocycles. The number of hydrogen-bond donors (Lipinski definition) is 2. The molecule has 0 heterocycles. The quantitative estimate of drug-likeness (QED) is 0.757. The van der Waals surface area contributed by atoms with Crippen molar-refractivity contribution < 1.29 is 8.42 Å². The number of nitrogens with two attached hydrogens (primary N) is 1. The van der Waals surface area contributed by atoms with E-state index in [0.717, 1.165) is 0 Å². The first-order valence-electron chi connectivity index (χ1n) is 6.01. The Labute approximate surface area is 124 Å². The molecule has 0 aliphatic heterocycles. The van der Waals surface area contributed by atoms with E-state index in [1.807, 2.05) is 0 Å². The van der Waals surface area contributed by atoms with E-state index in [2.05, 4.69) is 4.72 Å². The molecule has 0 aliphatic carbocycles. The zero-order chi connectivity index (χ0) is 14.5. The SMILES string of the molecule is CC(NS(=O)(=O)CCCCN)c1ccc(Cl)cc1Cl. The first kappa shape index (κ1) is 16.7. The molecule has 1 atom stereocenters. The van der Waals surface area contributed by atoms with Crippen molar-refractivity contribution in [1.29, 1.82) is 0 Å². The number of halogens is 2. The lowest BCUT2D eigenvalue weighted by Gasteiger charge is -2.16. The summed E-state index contributed by atoms with van der Waals surface area (Å²) in [5.74, 6) is 0.0692. The molecule has 1 unspecified atom stereocenters. The molecule has 0 fully saturated rings. The summed E-state index contributed by atoms with van der Waals surface area (Å²) >= 11 is 11.8. The van der Waals surface area contributed by atoms with E-state index in [1.165, 1.54) is 0 Å². The third kappa shape index (κ3) is 5.67. The fourth-order valence-corrected chi connectivity index (χ4v) is 3.62. The smallest absolute Gasteiger partial charge is 0.212 e. The fourth-order valence-electron chi connectivity index (χ4n) is 1.68. The lowest BCUT2D eigenvalue weighted by Crippen LogP contribution is -2.29. The number of sulfonamides is 1. The van der Waals surface area contributed by atoms with Crippen molar-refractivity contribution in [3.8, 4) is 0 Å². The predicted molar refractivity (Wildman–Crippen MR) is 80.1 cm³/mol. The van der Waals surface area contributed by atoms with Gasteiger partial charge in [0.25, 0.3) is 0 Å². The third-order valence-electron chi connectivity index (χ3n) is 2.65. The predicted octanol–water partition coefficient (Wildman–Crippen LogP) is 2.71. The van der Waals surface area contributed by atoms with Crippen LogP contribution in [0.5, 0.6) is 0 Å². The van der Waals surface area contributed by atoms with Crippen LogP contribution in [0.1, 0.15) is 31.4 Å². The number of benzene rings is 1. The third-order valence-corrected chi connectivity index (χ3v) is 4.75. The van der Waals surface area contributed by atoms with Crippen LogP contribution < -0.4 is 10.5 Å². The van der Waals surface area contributed by atoms with E-state index in [9.17, 15) is 8.42 Å². The minimum Gasteiger partial charge on any atom is -0.330 e. The van der Waals surface area contributed by atoms with Gasteiger partial charge in [0.1, 0.15) is 0 Å². The van der Waals surface area contributed by atoms with Gasteiger partial charge in [-0.05, 0) is 44.0 Å². The fraction of sp³-hybridized carbons (Fsp3) is 0.500. The molecule has 0 spiro atoms. The van der Waals surface area contributed by atoms with Crippen LogP contribution in [-0.2, 0) is 10.0 Å². The van der Waals surface area contributed by atoms with Crippen LogP contribution in [-0.4, -0.2) is 20.7 Å². The van der Waals surface area contributed by atoms with E-state index in [0.29, 0.717) is 35.0 Å². The Morgan fingerprint density at radius 3 is 2.58 bits per heavy atom. The normalized spacial score (nSPS) is 13.5. The van der Waals surface area contributed by atoms with E-state index < -0.39 is 16.1 Å². The second kappa shape index (κ2) is 7.45. The summed E-state index contributed by atoms with van der Waals surface area (Å²) in [6.45, 7) is 2.24. The van der Waals surface area contributed by atoms with E-state index in [-0.39, 0.29) is 5.75 Å². The lowest BCUT2D eigenvalue weighted by atomic mass is 10.1. The molecule has 19 heavy (non-hydrogen) atoms. The summed E-state index contributed by atoms with van der Waals surface area (Å²) in [7, 11) is -3.33. The van der Waals surface area contributed by atoms with Crippen LogP contribution >= 0.6 is 23.2 Å². The highest BCUT2D eigenvalue weighted by atomic mass is 35.5. The van der Waals surface area contributed by atoms with Gasteiger partial charge in [0.15, 0.2) is 0 Å². The van der Waals surface area contributed by atoms with Crippen molar-refractivity contribution in [2.75, 3.05) is 12.3 Å². The van der Waals surface area contributed by atoms with Crippen LogP contribution in [0.4, 0.5) is 0 Å². The van der Waals surface area contributed by atoms with Crippen LogP contribution in [0.2, 0.25) is 10.0 Å². The first-order chi connectivity index (χ1) is 8.85. The standard InChI is InChI=1S/C12H18Cl2N2O2S/c1-9(11-5-4-10(13)8-12(11)14)16-19(17,18)7-3-2-6-15/h4-5,8-9,16H,2-3,6-7,15H2,1H3. The second-order valence-electron chi connectivity index (χ2n) is 4.32. The summed E-state index contributed by atoms with van der Waals surface area (Å²) in [6.07, 6.45) is 1.24. The molecule has 7 heteroatoms. The van der Waals surface area contributed by atoms with Crippen molar-refractivity contribution in [2.45, 2.75) is 25.8 Å². The van der Waals surface area contributed by atoms with Gasteiger partial charge >= 0.3 is 0 Å². The molecule has 4 nitrogen and oxygen atoms in total. The Morgan fingerprint density at radius 2 is 2.00 bits per heavy atom. The summed E-state index contributed by atoms with van der Waals surface area (Å²) in [6, 6.07) is 4.60. The van der Waals surface area contributed by atoms with Gasteiger partial charge in [-0.25, -0.2) is 13.1 Å². The number of hydrogen-bond acceptors (Lipinski definition) is 3.